The number of aromatic nitrogens is 1. The first-order chi connectivity index (χ1) is 11.3. The number of hydrogen-bond donors (Lipinski definition) is 0. The average molecular weight is 328 g/mol. The van der Waals surface area contributed by atoms with Gasteiger partial charge in [-0.15, -0.1) is 0 Å². The molecule has 5 nitrogen and oxygen atoms in total. The van der Waals surface area contributed by atoms with E-state index in [-0.39, 0.29) is 12.0 Å². The van der Waals surface area contributed by atoms with Crippen molar-refractivity contribution < 1.29 is 13.9 Å². The first-order valence-corrected chi connectivity index (χ1v) is 8.44. The number of carbonyl (C=O) groups is 1. The lowest BCUT2D eigenvalue weighted by molar-refractivity contribution is 0.0917. The normalized spacial score (nSPS) is 17.7. The van der Waals surface area contributed by atoms with E-state index < -0.39 is 0 Å². The number of para-hydroxylation sites is 1. The van der Waals surface area contributed by atoms with Crippen LogP contribution in [0.2, 0.25) is 0 Å². The summed E-state index contributed by atoms with van der Waals surface area (Å²) in [7, 11) is 0. The molecule has 3 heterocycles. The average Bonchev–Trinajstić information content (AvgIpc) is 3.32. The van der Waals surface area contributed by atoms with Crippen LogP contribution in [0.1, 0.15) is 23.2 Å². The molecule has 2 aromatic heterocycles. The maximum absolute atomic E-state index is 12.8. The SMILES string of the molecule is O=C(c1ccoc1)N(C[C@H]1CCCO1)c1nc2ccccc2s1. The van der Waals surface area contributed by atoms with Crippen LogP contribution in [0.25, 0.3) is 10.2 Å². The van der Waals surface area contributed by atoms with Gasteiger partial charge in [0.25, 0.3) is 5.91 Å². The van der Waals surface area contributed by atoms with E-state index in [1.165, 1.54) is 23.9 Å². The summed E-state index contributed by atoms with van der Waals surface area (Å²) in [5.41, 5.74) is 1.44. The van der Waals surface area contributed by atoms with Gasteiger partial charge in [-0.1, -0.05) is 23.5 Å². The van der Waals surface area contributed by atoms with Crippen LogP contribution in [0.5, 0.6) is 0 Å². The molecule has 1 aliphatic heterocycles. The van der Waals surface area contributed by atoms with Crippen LogP contribution in [0.4, 0.5) is 5.13 Å². The first kappa shape index (κ1) is 14.4. The van der Waals surface area contributed by atoms with Gasteiger partial charge in [0.05, 0.1) is 34.7 Å². The van der Waals surface area contributed by atoms with E-state index in [0.717, 1.165) is 29.7 Å². The highest BCUT2D eigenvalue weighted by Gasteiger charge is 2.27. The Morgan fingerprint density at radius 1 is 1.35 bits per heavy atom. The minimum Gasteiger partial charge on any atom is -0.472 e. The van der Waals surface area contributed by atoms with Crippen molar-refractivity contribution in [1.82, 2.24) is 4.98 Å². The Bertz CT molecular complexity index is 773. The van der Waals surface area contributed by atoms with Crippen molar-refractivity contribution in [2.75, 3.05) is 18.1 Å². The molecule has 1 amide bonds. The Balaban J connectivity index is 1.69. The summed E-state index contributed by atoms with van der Waals surface area (Å²) >= 11 is 1.52. The van der Waals surface area contributed by atoms with Crippen LogP contribution in [0, 0.1) is 0 Å². The molecule has 0 bridgehead atoms. The van der Waals surface area contributed by atoms with E-state index in [0.29, 0.717) is 17.2 Å². The highest BCUT2D eigenvalue weighted by Crippen LogP contribution is 2.30. The molecule has 0 radical (unpaired) electrons. The molecule has 0 spiro atoms. The standard InChI is InChI=1S/C17H16N2O3S/c20-16(12-7-9-21-11-12)19(10-13-4-3-8-22-13)17-18-14-5-1-2-6-15(14)23-17/h1-2,5-7,9,11,13H,3-4,8,10H2/t13-/m1/s1. The van der Waals surface area contributed by atoms with Crippen LogP contribution in [-0.2, 0) is 4.74 Å². The molecule has 0 aliphatic carbocycles. The van der Waals surface area contributed by atoms with E-state index in [1.54, 1.807) is 11.0 Å². The molecule has 118 valence electrons. The number of rotatable bonds is 4. The fourth-order valence-corrected chi connectivity index (χ4v) is 3.73. The minimum atomic E-state index is -0.103. The van der Waals surface area contributed by atoms with Crippen LogP contribution in [0.3, 0.4) is 0 Å². The van der Waals surface area contributed by atoms with Crippen LogP contribution < -0.4 is 4.90 Å². The number of fused-ring (bicyclic) bond motifs is 1. The van der Waals surface area contributed by atoms with Crippen molar-refractivity contribution in [3.05, 3.63) is 48.4 Å². The molecular formula is C17H16N2O3S. The number of benzene rings is 1. The third-order valence-electron chi connectivity index (χ3n) is 3.94. The van der Waals surface area contributed by atoms with E-state index in [2.05, 4.69) is 4.98 Å². The number of nitrogens with zero attached hydrogens (tertiary/aromatic N) is 2. The first-order valence-electron chi connectivity index (χ1n) is 7.62. The summed E-state index contributed by atoms with van der Waals surface area (Å²) < 4.78 is 11.8. The maximum Gasteiger partial charge on any atom is 0.263 e. The Morgan fingerprint density at radius 2 is 2.26 bits per heavy atom. The summed E-state index contributed by atoms with van der Waals surface area (Å²) in [6.07, 6.45) is 5.06. The zero-order chi connectivity index (χ0) is 15.6. The quantitative estimate of drug-likeness (QED) is 0.732. The summed E-state index contributed by atoms with van der Waals surface area (Å²) in [5.74, 6) is -0.103. The van der Waals surface area contributed by atoms with Gasteiger partial charge in [0, 0.05) is 6.61 Å². The van der Waals surface area contributed by atoms with Gasteiger partial charge in [0.15, 0.2) is 5.13 Å². The Labute approximate surface area is 137 Å². The molecule has 1 aliphatic rings. The molecule has 1 fully saturated rings. The molecule has 23 heavy (non-hydrogen) atoms. The summed E-state index contributed by atoms with van der Waals surface area (Å²) in [5, 5.41) is 0.702. The van der Waals surface area contributed by atoms with Crippen LogP contribution >= 0.6 is 11.3 Å². The molecule has 3 aromatic rings. The number of furan rings is 1. The molecule has 1 saturated heterocycles. The van der Waals surface area contributed by atoms with E-state index in [9.17, 15) is 4.79 Å². The van der Waals surface area contributed by atoms with Gasteiger partial charge in [0.1, 0.15) is 6.26 Å². The predicted molar refractivity (Wildman–Crippen MR) is 89.0 cm³/mol. The number of hydrogen-bond acceptors (Lipinski definition) is 5. The lowest BCUT2D eigenvalue weighted by Crippen LogP contribution is -2.37. The van der Waals surface area contributed by atoms with E-state index in [1.807, 2.05) is 24.3 Å². The van der Waals surface area contributed by atoms with Gasteiger partial charge in [-0.3, -0.25) is 9.69 Å². The third kappa shape index (κ3) is 2.87. The van der Waals surface area contributed by atoms with E-state index in [4.69, 9.17) is 9.15 Å². The zero-order valence-corrected chi connectivity index (χ0v) is 13.3. The fraction of sp³-hybridized carbons (Fsp3) is 0.294. The van der Waals surface area contributed by atoms with Gasteiger partial charge >= 0.3 is 0 Å². The van der Waals surface area contributed by atoms with Crippen molar-refractivity contribution in [2.24, 2.45) is 0 Å². The van der Waals surface area contributed by atoms with Crippen LogP contribution in [-0.4, -0.2) is 30.1 Å². The topological polar surface area (TPSA) is 55.6 Å². The Morgan fingerprint density at radius 3 is 3.00 bits per heavy atom. The van der Waals surface area contributed by atoms with Crippen molar-refractivity contribution in [3.8, 4) is 0 Å². The Hall–Kier alpha value is -2.18. The summed E-state index contributed by atoms with van der Waals surface area (Å²) in [6.45, 7) is 1.28. The third-order valence-corrected chi connectivity index (χ3v) is 5.00. The van der Waals surface area contributed by atoms with Gasteiger partial charge in [-0.05, 0) is 31.0 Å². The lowest BCUT2D eigenvalue weighted by Gasteiger charge is -2.22. The second kappa shape index (κ2) is 6.14. The van der Waals surface area contributed by atoms with E-state index >= 15 is 0 Å². The molecule has 4 rings (SSSR count). The second-order valence-electron chi connectivity index (χ2n) is 5.53. The molecule has 0 N–H and O–H groups in total. The summed E-state index contributed by atoms with van der Waals surface area (Å²) in [4.78, 5) is 19.2. The number of amides is 1. The molecule has 1 atom stereocenters. The van der Waals surface area contributed by atoms with Gasteiger partial charge in [0.2, 0.25) is 0 Å². The van der Waals surface area contributed by atoms with Gasteiger partial charge in [-0.25, -0.2) is 4.98 Å². The minimum absolute atomic E-state index is 0.0675. The van der Waals surface area contributed by atoms with Gasteiger partial charge < -0.3 is 9.15 Å². The van der Waals surface area contributed by atoms with Crippen molar-refractivity contribution in [3.63, 3.8) is 0 Å². The van der Waals surface area contributed by atoms with Crippen molar-refractivity contribution >= 4 is 32.6 Å². The molecule has 6 heteroatoms. The molecule has 0 saturated carbocycles. The highest BCUT2D eigenvalue weighted by atomic mass is 32.1. The van der Waals surface area contributed by atoms with Crippen molar-refractivity contribution in [1.29, 1.82) is 0 Å². The van der Waals surface area contributed by atoms with Crippen LogP contribution in [0.15, 0.2) is 47.3 Å². The number of ether oxygens (including phenoxy) is 1. The lowest BCUT2D eigenvalue weighted by atomic mass is 10.2. The zero-order valence-electron chi connectivity index (χ0n) is 12.5. The predicted octanol–water partition coefficient (Wildman–Crippen LogP) is 3.72. The maximum atomic E-state index is 12.8. The second-order valence-corrected chi connectivity index (χ2v) is 6.54. The van der Waals surface area contributed by atoms with Gasteiger partial charge in [-0.2, -0.15) is 0 Å². The summed E-state index contributed by atoms with van der Waals surface area (Å²) in [6, 6.07) is 9.59. The number of carbonyl (C=O) groups excluding carboxylic acids is 1. The molecular weight excluding hydrogens is 312 g/mol. The fourth-order valence-electron chi connectivity index (χ4n) is 2.76. The molecule has 0 unspecified atom stereocenters. The largest absolute Gasteiger partial charge is 0.472 e. The monoisotopic (exact) mass is 328 g/mol. The van der Waals surface area contributed by atoms with Crippen molar-refractivity contribution in [2.45, 2.75) is 18.9 Å². The number of thiazole rings is 1. The highest BCUT2D eigenvalue weighted by molar-refractivity contribution is 7.22. The molecule has 1 aromatic carbocycles. The smallest absolute Gasteiger partial charge is 0.263 e. The Kier molecular flexibility index (Phi) is 3.85. The number of anilines is 1.